The van der Waals surface area contributed by atoms with Crippen molar-refractivity contribution in [1.82, 2.24) is 0 Å². The van der Waals surface area contributed by atoms with Gasteiger partial charge in [0, 0.05) is 1.43 Å². The molecular weight excluding hydrogens is 138 g/mol. The average molecular weight is 151 g/mol. The molecule has 0 aliphatic heterocycles. The summed E-state index contributed by atoms with van der Waals surface area (Å²) in [4.78, 5) is 0. The number of hydrogen-bond acceptors (Lipinski definition) is 3. The van der Waals surface area contributed by atoms with Crippen LogP contribution in [0.1, 0.15) is 8.35 Å². The van der Waals surface area contributed by atoms with Gasteiger partial charge in [0.25, 0.3) is 0 Å². The Morgan fingerprint density at radius 1 is 1.73 bits per heavy atom. The van der Waals surface area contributed by atoms with Crippen LogP contribution in [-0.2, 0) is 0 Å². The first kappa shape index (κ1) is 7.72. The molecule has 11 heavy (non-hydrogen) atoms. The van der Waals surface area contributed by atoms with Crippen LogP contribution < -0.4 is 5.73 Å². The van der Waals surface area contributed by atoms with Crippen molar-refractivity contribution >= 4 is 0 Å². The normalized spacial score (nSPS) is 23.5. The number of rotatable bonds is 1. The summed E-state index contributed by atoms with van der Waals surface area (Å²) in [6, 6.07) is 0. The number of nitrogens with two attached hydrogens (primary N) is 1. The van der Waals surface area contributed by atoms with Gasteiger partial charge in [-0.05, 0) is 18.1 Å². The van der Waals surface area contributed by atoms with Gasteiger partial charge in [0.2, 0.25) is 0 Å². The molecule has 0 aromatic heterocycles. The Bertz CT molecular complexity index is 253. The van der Waals surface area contributed by atoms with Gasteiger partial charge in [0.15, 0.2) is 0 Å². The van der Waals surface area contributed by atoms with E-state index in [-0.39, 0.29) is 1.43 Å². The maximum absolute atomic E-state index is 6.82. The molecular formula is C8H13N3. The smallest absolute Gasteiger partial charge is 0.104 e. The highest BCUT2D eigenvalue weighted by Crippen LogP contribution is 2.14. The van der Waals surface area contributed by atoms with Crippen molar-refractivity contribution in [3.05, 3.63) is 35.7 Å². The minimum absolute atomic E-state index is 0. The van der Waals surface area contributed by atoms with E-state index in [9.17, 15) is 0 Å². The van der Waals surface area contributed by atoms with Gasteiger partial charge in [-0.25, -0.2) is 5.53 Å². The van der Waals surface area contributed by atoms with Crippen molar-refractivity contribution in [2.45, 2.75) is 6.92 Å². The first-order valence-electron chi connectivity index (χ1n) is 3.47. The predicted octanol–water partition coefficient (Wildman–Crippen LogP) is 2.20. The zero-order chi connectivity index (χ0) is 8.27. The lowest BCUT2D eigenvalue weighted by molar-refractivity contribution is 0.912. The Balaban J connectivity index is 0.00000121. The van der Waals surface area contributed by atoms with E-state index in [0.29, 0.717) is 17.3 Å². The molecule has 60 valence electrons. The van der Waals surface area contributed by atoms with Crippen LogP contribution in [0.3, 0.4) is 0 Å². The standard InChI is InChI=1S/C8H11N3.H2/c1-6-3-2-4-7(9)8(5-6)11-10;/h2-6,10H,9H2,1H3;1H. The monoisotopic (exact) mass is 151 g/mol. The Morgan fingerprint density at radius 2 is 2.45 bits per heavy atom. The maximum atomic E-state index is 6.82. The van der Waals surface area contributed by atoms with Crippen LogP contribution in [0, 0.1) is 11.4 Å². The summed E-state index contributed by atoms with van der Waals surface area (Å²) in [6.07, 6.45) is 7.51. The van der Waals surface area contributed by atoms with E-state index in [1.165, 1.54) is 0 Å². The van der Waals surface area contributed by atoms with E-state index in [2.05, 4.69) is 5.11 Å². The second-order valence-electron chi connectivity index (χ2n) is 2.53. The van der Waals surface area contributed by atoms with Crippen LogP contribution in [0.5, 0.6) is 0 Å². The molecule has 1 atom stereocenters. The van der Waals surface area contributed by atoms with Crippen LogP contribution in [0.15, 0.2) is 40.8 Å². The van der Waals surface area contributed by atoms with Crippen molar-refractivity contribution in [2.24, 2.45) is 16.8 Å². The van der Waals surface area contributed by atoms with Gasteiger partial charge in [-0.15, -0.1) is 0 Å². The van der Waals surface area contributed by atoms with E-state index in [0.717, 1.165) is 0 Å². The van der Waals surface area contributed by atoms with E-state index in [4.69, 9.17) is 11.3 Å². The van der Waals surface area contributed by atoms with Gasteiger partial charge in [-0.1, -0.05) is 19.1 Å². The summed E-state index contributed by atoms with van der Waals surface area (Å²) < 4.78 is 0. The third-order valence-electron chi connectivity index (χ3n) is 1.53. The molecule has 1 aliphatic rings. The molecule has 0 heterocycles. The summed E-state index contributed by atoms with van der Waals surface area (Å²) in [5.74, 6) is 0.302. The molecule has 0 amide bonds. The van der Waals surface area contributed by atoms with E-state index >= 15 is 0 Å². The largest absolute Gasteiger partial charge is 0.397 e. The first-order chi connectivity index (χ1) is 5.24. The van der Waals surface area contributed by atoms with Crippen LogP contribution >= 0.6 is 0 Å². The fraction of sp³-hybridized carbons (Fsp3) is 0.250. The second kappa shape index (κ2) is 3.14. The Morgan fingerprint density at radius 3 is 3.09 bits per heavy atom. The topological polar surface area (TPSA) is 62.2 Å². The molecule has 0 aromatic carbocycles. The average Bonchev–Trinajstić information content (AvgIpc) is 2.13. The lowest BCUT2D eigenvalue weighted by Crippen LogP contribution is -1.98. The van der Waals surface area contributed by atoms with Crippen molar-refractivity contribution in [2.75, 3.05) is 0 Å². The van der Waals surface area contributed by atoms with E-state index in [1.54, 1.807) is 6.08 Å². The summed E-state index contributed by atoms with van der Waals surface area (Å²) in [5.41, 5.74) is 13.5. The van der Waals surface area contributed by atoms with Gasteiger partial charge in [0.1, 0.15) is 5.70 Å². The predicted molar refractivity (Wildman–Crippen MR) is 45.9 cm³/mol. The summed E-state index contributed by atoms with van der Waals surface area (Å²) in [5, 5.41) is 3.32. The Kier molecular flexibility index (Phi) is 2.21. The lowest BCUT2D eigenvalue weighted by atomic mass is 10.1. The summed E-state index contributed by atoms with van der Waals surface area (Å²) in [7, 11) is 0. The van der Waals surface area contributed by atoms with Gasteiger partial charge >= 0.3 is 0 Å². The fourth-order valence-corrected chi connectivity index (χ4v) is 0.922. The highest BCUT2D eigenvalue weighted by Gasteiger charge is 2.03. The highest BCUT2D eigenvalue weighted by molar-refractivity contribution is 5.33. The molecule has 0 fully saturated rings. The van der Waals surface area contributed by atoms with Crippen LogP contribution in [0.4, 0.5) is 0 Å². The number of allylic oxidation sites excluding steroid dienone is 4. The van der Waals surface area contributed by atoms with E-state index in [1.807, 2.05) is 25.2 Å². The molecule has 0 aromatic rings. The van der Waals surface area contributed by atoms with Crippen LogP contribution in [-0.4, -0.2) is 0 Å². The molecule has 1 aliphatic carbocycles. The van der Waals surface area contributed by atoms with Crippen molar-refractivity contribution in [3.63, 3.8) is 0 Å². The van der Waals surface area contributed by atoms with Gasteiger partial charge in [0.05, 0.1) is 5.70 Å². The molecule has 0 radical (unpaired) electrons. The number of nitrogens with zero attached hydrogens (tertiary/aromatic N) is 1. The van der Waals surface area contributed by atoms with Crippen molar-refractivity contribution < 1.29 is 1.43 Å². The van der Waals surface area contributed by atoms with Crippen LogP contribution in [0.25, 0.3) is 0 Å². The molecule has 3 N–H and O–H groups in total. The zero-order valence-electron chi connectivity index (χ0n) is 6.41. The SMILES string of the molecule is CC1C=CC=C(N)C(N=N)=C1.[HH]. The highest BCUT2D eigenvalue weighted by atomic mass is 15.0. The molecule has 0 bridgehead atoms. The first-order valence-corrected chi connectivity index (χ1v) is 3.47. The molecule has 0 spiro atoms. The van der Waals surface area contributed by atoms with Crippen molar-refractivity contribution in [3.8, 4) is 0 Å². The third kappa shape index (κ3) is 1.77. The molecule has 3 heteroatoms. The summed E-state index contributed by atoms with van der Waals surface area (Å²) in [6.45, 7) is 2.02. The maximum Gasteiger partial charge on any atom is 0.104 e. The Labute approximate surface area is 67.3 Å². The number of nitrogens with one attached hydrogen (secondary N) is 1. The number of hydrogen-bond donors (Lipinski definition) is 2. The van der Waals surface area contributed by atoms with Gasteiger partial charge in [-0.2, -0.15) is 5.11 Å². The second-order valence-corrected chi connectivity index (χ2v) is 2.53. The quantitative estimate of drug-likeness (QED) is 0.554. The van der Waals surface area contributed by atoms with Crippen LogP contribution in [0.2, 0.25) is 0 Å². The lowest BCUT2D eigenvalue weighted by Gasteiger charge is -1.98. The molecule has 3 nitrogen and oxygen atoms in total. The molecule has 1 unspecified atom stereocenters. The minimum atomic E-state index is 0. The fourth-order valence-electron chi connectivity index (χ4n) is 0.922. The zero-order valence-corrected chi connectivity index (χ0v) is 6.41. The minimum Gasteiger partial charge on any atom is -0.397 e. The van der Waals surface area contributed by atoms with E-state index < -0.39 is 0 Å². The Hall–Kier alpha value is -1.38. The molecule has 0 saturated carbocycles. The van der Waals surface area contributed by atoms with Gasteiger partial charge in [-0.3, -0.25) is 0 Å². The molecule has 1 rings (SSSR count). The summed E-state index contributed by atoms with van der Waals surface area (Å²) >= 11 is 0. The molecule has 0 saturated heterocycles. The van der Waals surface area contributed by atoms with Gasteiger partial charge < -0.3 is 5.73 Å². The third-order valence-corrected chi connectivity index (χ3v) is 1.53. The van der Waals surface area contributed by atoms with Crippen molar-refractivity contribution in [1.29, 1.82) is 5.53 Å².